The van der Waals surface area contributed by atoms with Gasteiger partial charge in [-0.15, -0.1) is 10.2 Å². The number of nitriles is 1. The van der Waals surface area contributed by atoms with E-state index in [9.17, 15) is 0 Å². The highest BCUT2D eigenvalue weighted by atomic mass is 15.4. The van der Waals surface area contributed by atoms with Crippen molar-refractivity contribution in [3.63, 3.8) is 0 Å². The third kappa shape index (κ3) is 1.68. The Kier molecular flexibility index (Phi) is 2.47. The smallest absolute Gasteiger partial charge is 0.272 e. The van der Waals surface area contributed by atoms with Gasteiger partial charge in [-0.3, -0.25) is 0 Å². The van der Waals surface area contributed by atoms with Gasteiger partial charge in [0.05, 0.1) is 0 Å². The maximum absolute atomic E-state index is 8.92. The average molecular weight is 215 g/mol. The molecule has 2 heterocycles. The van der Waals surface area contributed by atoms with Crippen LogP contribution in [0.3, 0.4) is 0 Å². The Labute approximate surface area is 91.7 Å². The van der Waals surface area contributed by atoms with Crippen LogP contribution < -0.4 is 0 Å². The molecule has 80 valence electrons. The van der Waals surface area contributed by atoms with Gasteiger partial charge in [0.1, 0.15) is 18.1 Å². The molecule has 16 heavy (non-hydrogen) atoms. The fraction of sp³-hybridized carbons (Fsp3) is 0.222. The molecular weight excluding hydrogens is 206 g/mol. The SMILES string of the molecule is CN(C)/C=C/c1c(C#N)nnc2ncnn12. The molecule has 0 N–H and O–H groups in total. The monoisotopic (exact) mass is 215 g/mol. The number of rotatable bonds is 2. The number of nitrogens with zero attached hydrogens (tertiary/aromatic N) is 7. The Balaban J connectivity index is 2.63. The summed E-state index contributed by atoms with van der Waals surface area (Å²) in [5.41, 5.74) is 0.787. The molecule has 0 spiro atoms. The minimum Gasteiger partial charge on any atom is -0.383 e. The molecule has 0 radical (unpaired) electrons. The van der Waals surface area contributed by atoms with E-state index in [2.05, 4.69) is 20.3 Å². The van der Waals surface area contributed by atoms with Gasteiger partial charge in [0.15, 0.2) is 5.69 Å². The van der Waals surface area contributed by atoms with Crippen molar-refractivity contribution in [3.05, 3.63) is 23.9 Å². The maximum atomic E-state index is 8.92. The lowest BCUT2D eigenvalue weighted by atomic mass is 10.3. The van der Waals surface area contributed by atoms with Crippen LogP contribution in [-0.2, 0) is 0 Å². The lowest BCUT2D eigenvalue weighted by molar-refractivity contribution is 0.567. The van der Waals surface area contributed by atoms with Crippen molar-refractivity contribution in [1.29, 1.82) is 5.26 Å². The third-order valence-electron chi connectivity index (χ3n) is 1.88. The van der Waals surface area contributed by atoms with Gasteiger partial charge in [0, 0.05) is 20.3 Å². The van der Waals surface area contributed by atoms with Gasteiger partial charge in [0.2, 0.25) is 0 Å². The normalized spacial score (nSPS) is 10.8. The van der Waals surface area contributed by atoms with Crippen molar-refractivity contribution in [3.8, 4) is 6.07 Å². The summed E-state index contributed by atoms with van der Waals surface area (Å²) in [5, 5.41) is 20.4. The summed E-state index contributed by atoms with van der Waals surface area (Å²) in [5.74, 6) is 0.373. The van der Waals surface area contributed by atoms with E-state index in [0.29, 0.717) is 11.5 Å². The molecule has 0 atom stereocenters. The minimum absolute atomic E-state index is 0.219. The highest BCUT2D eigenvalue weighted by Crippen LogP contribution is 2.07. The molecule has 0 bridgehead atoms. The molecule has 0 fully saturated rings. The van der Waals surface area contributed by atoms with E-state index in [1.54, 1.807) is 12.3 Å². The van der Waals surface area contributed by atoms with Gasteiger partial charge < -0.3 is 4.90 Å². The zero-order valence-corrected chi connectivity index (χ0v) is 8.86. The molecule has 2 aromatic heterocycles. The van der Waals surface area contributed by atoms with Crippen LogP contribution in [-0.4, -0.2) is 43.8 Å². The summed E-state index contributed by atoms with van der Waals surface area (Å²) in [6.45, 7) is 0. The average Bonchev–Trinajstić information content (AvgIpc) is 2.73. The van der Waals surface area contributed by atoms with Gasteiger partial charge in [-0.25, -0.2) is 0 Å². The summed E-state index contributed by atoms with van der Waals surface area (Å²) in [7, 11) is 3.77. The summed E-state index contributed by atoms with van der Waals surface area (Å²) >= 11 is 0. The van der Waals surface area contributed by atoms with Crippen LogP contribution in [0.15, 0.2) is 12.5 Å². The number of hydrogen-bond donors (Lipinski definition) is 0. The van der Waals surface area contributed by atoms with Crippen LogP contribution in [0.2, 0.25) is 0 Å². The first kappa shape index (κ1) is 10.0. The quantitative estimate of drug-likeness (QED) is 0.697. The molecule has 2 rings (SSSR count). The second-order valence-electron chi connectivity index (χ2n) is 3.30. The van der Waals surface area contributed by atoms with Crippen LogP contribution >= 0.6 is 0 Å². The van der Waals surface area contributed by atoms with Crippen LogP contribution in [0.25, 0.3) is 11.9 Å². The van der Waals surface area contributed by atoms with E-state index in [1.165, 1.54) is 10.8 Å². The van der Waals surface area contributed by atoms with Gasteiger partial charge >= 0.3 is 0 Å². The van der Waals surface area contributed by atoms with Crippen LogP contribution in [0.1, 0.15) is 11.4 Å². The second-order valence-corrected chi connectivity index (χ2v) is 3.30. The lowest BCUT2D eigenvalue weighted by Crippen LogP contribution is -2.05. The van der Waals surface area contributed by atoms with Crippen molar-refractivity contribution in [1.82, 2.24) is 29.7 Å². The fourth-order valence-electron chi connectivity index (χ4n) is 1.17. The molecule has 0 unspecified atom stereocenters. The van der Waals surface area contributed by atoms with Crippen molar-refractivity contribution < 1.29 is 0 Å². The molecule has 0 saturated carbocycles. The summed E-state index contributed by atoms with van der Waals surface area (Å²) < 4.78 is 1.48. The maximum Gasteiger partial charge on any atom is 0.272 e. The van der Waals surface area contributed by atoms with Crippen molar-refractivity contribution in [2.75, 3.05) is 14.1 Å². The van der Waals surface area contributed by atoms with Gasteiger partial charge in [0.25, 0.3) is 5.78 Å². The molecule has 0 aliphatic heterocycles. The predicted octanol–water partition coefficient (Wildman–Crippen LogP) is -0.0767. The van der Waals surface area contributed by atoms with Gasteiger partial charge in [-0.05, 0) is 6.08 Å². The Morgan fingerprint density at radius 1 is 1.44 bits per heavy atom. The minimum atomic E-state index is 0.219. The van der Waals surface area contributed by atoms with Crippen molar-refractivity contribution >= 4 is 11.9 Å². The topological polar surface area (TPSA) is 83.0 Å². The van der Waals surface area contributed by atoms with Crippen molar-refractivity contribution in [2.24, 2.45) is 0 Å². The predicted molar refractivity (Wildman–Crippen MR) is 56.0 cm³/mol. The molecule has 2 aromatic rings. The first-order valence-corrected chi connectivity index (χ1v) is 4.53. The van der Waals surface area contributed by atoms with E-state index in [4.69, 9.17) is 5.26 Å². The number of fused-ring (bicyclic) bond motifs is 1. The van der Waals surface area contributed by atoms with Crippen LogP contribution in [0.5, 0.6) is 0 Å². The number of aromatic nitrogens is 5. The number of hydrogen-bond acceptors (Lipinski definition) is 6. The highest BCUT2D eigenvalue weighted by molar-refractivity contribution is 5.53. The molecule has 0 aliphatic carbocycles. The Hall–Kier alpha value is -2.49. The summed E-state index contributed by atoms with van der Waals surface area (Å²) in [4.78, 5) is 5.75. The van der Waals surface area contributed by atoms with E-state index in [0.717, 1.165) is 0 Å². The molecule has 0 saturated heterocycles. The molecule has 0 aromatic carbocycles. The first-order chi connectivity index (χ1) is 7.72. The van der Waals surface area contributed by atoms with E-state index in [1.807, 2.05) is 25.1 Å². The lowest BCUT2D eigenvalue weighted by Gasteiger charge is -2.04. The van der Waals surface area contributed by atoms with Crippen LogP contribution in [0.4, 0.5) is 0 Å². The zero-order chi connectivity index (χ0) is 11.5. The first-order valence-electron chi connectivity index (χ1n) is 4.53. The molecule has 0 aliphatic rings. The van der Waals surface area contributed by atoms with Gasteiger partial charge in [-0.1, -0.05) is 0 Å². The van der Waals surface area contributed by atoms with E-state index in [-0.39, 0.29) is 5.69 Å². The van der Waals surface area contributed by atoms with E-state index < -0.39 is 0 Å². The van der Waals surface area contributed by atoms with E-state index >= 15 is 0 Å². The molecule has 7 heteroatoms. The second kappa shape index (κ2) is 3.94. The Morgan fingerprint density at radius 3 is 2.94 bits per heavy atom. The molecular formula is C9H9N7. The fourth-order valence-corrected chi connectivity index (χ4v) is 1.17. The van der Waals surface area contributed by atoms with Gasteiger partial charge in [-0.2, -0.15) is 19.9 Å². The van der Waals surface area contributed by atoms with Crippen LogP contribution in [0, 0.1) is 11.3 Å². The Morgan fingerprint density at radius 2 is 2.25 bits per heavy atom. The van der Waals surface area contributed by atoms with Crippen molar-refractivity contribution in [2.45, 2.75) is 0 Å². The molecule has 7 nitrogen and oxygen atoms in total. The highest BCUT2D eigenvalue weighted by Gasteiger charge is 2.08. The largest absolute Gasteiger partial charge is 0.383 e. The zero-order valence-electron chi connectivity index (χ0n) is 8.86. The third-order valence-corrected chi connectivity index (χ3v) is 1.88. The summed E-state index contributed by atoms with van der Waals surface area (Å²) in [6, 6.07) is 1.97. The molecule has 0 amide bonds. The summed E-state index contributed by atoms with van der Waals surface area (Å²) in [6.07, 6.45) is 4.92. The standard InChI is InChI=1S/C9H9N7/c1-15(2)4-3-8-7(5-10)13-14-9-11-6-12-16(8)9/h3-4,6H,1-2H3/b4-3+. The Bertz CT molecular complexity index is 575.